The van der Waals surface area contributed by atoms with Crippen LogP contribution < -0.4 is 11.1 Å². The third-order valence-corrected chi connectivity index (χ3v) is 4.26. The van der Waals surface area contributed by atoms with Gasteiger partial charge >= 0.3 is 0 Å². The summed E-state index contributed by atoms with van der Waals surface area (Å²) in [5.41, 5.74) is 6.25. The fourth-order valence-electron chi connectivity index (χ4n) is 3.04. The van der Waals surface area contributed by atoms with Crippen molar-refractivity contribution in [1.82, 2.24) is 10.2 Å². The van der Waals surface area contributed by atoms with E-state index in [-0.39, 0.29) is 11.9 Å². The van der Waals surface area contributed by atoms with Crippen LogP contribution in [0.4, 0.5) is 0 Å². The highest BCUT2D eigenvalue weighted by atomic mass is 16.2. The number of amides is 1. The Hall–Kier alpha value is -0.610. The maximum atomic E-state index is 12.1. The summed E-state index contributed by atoms with van der Waals surface area (Å²) in [7, 11) is 0. The second kappa shape index (κ2) is 7.25. The first-order chi connectivity index (χ1) is 8.91. The van der Waals surface area contributed by atoms with Crippen LogP contribution in [0.3, 0.4) is 0 Å². The van der Waals surface area contributed by atoms with E-state index in [1.807, 2.05) is 18.7 Å². The van der Waals surface area contributed by atoms with Crippen LogP contribution in [0, 0.1) is 5.41 Å². The lowest BCUT2D eigenvalue weighted by Gasteiger charge is -2.26. The molecule has 0 spiro atoms. The lowest BCUT2D eigenvalue weighted by atomic mass is 9.91. The molecule has 19 heavy (non-hydrogen) atoms. The number of carbonyl (C=O) groups excluding carboxylic acids is 1. The SMILES string of the molecule is CCN(CC)C(=O)CC(CN)NC1CCC(C)(C)C1. The molecule has 2 atom stereocenters. The molecular weight excluding hydrogens is 238 g/mol. The van der Waals surface area contributed by atoms with Crippen molar-refractivity contribution in [3.05, 3.63) is 0 Å². The number of hydrogen-bond acceptors (Lipinski definition) is 3. The molecule has 0 saturated heterocycles. The van der Waals surface area contributed by atoms with Gasteiger partial charge in [0.25, 0.3) is 0 Å². The Morgan fingerprint density at radius 3 is 2.47 bits per heavy atom. The summed E-state index contributed by atoms with van der Waals surface area (Å²) < 4.78 is 0. The van der Waals surface area contributed by atoms with Gasteiger partial charge in [0.2, 0.25) is 5.91 Å². The van der Waals surface area contributed by atoms with Gasteiger partial charge in [-0.3, -0.25) is 4.79 Å². The highest BCUT2D eigenvalue weighted by Gasteiger charge is 2.32. The molecule has 0 radical (unpaired) electrons. The molecule has 112 valence electrons. The van der Waals surface area contributed by atoms with Gasteiger partial charge in [-0.1, -0.05) is 13.8 Å². The second-order valence-electron chi connectivity index (χ2n) is 6.47. The minimum absolute atomic E-state index is 0.118. The first kappa shape index (κ1) is 16.4. The Bertz CT molecular complexity index is 287. The summed E-state index contributed by atoms with van der Waals surface area (Å²) in [5, 5.41) is 3.58. The largest absolute Gasteiger partial charge is 0.343 e. The minimum atomic E-state index is 0.118. The first-order valence-electron chi connectivity index (χ1n) is 7.65. The van der Waals surface area contributed by atoms with E-state index in [9.17, 15) is 4.79 Å². The number of hydrogen-bond donors (Lipinski definition) is 2. The summed E-state index contributed by atoms with van der Waals surface area (Å²) in [4.78, 5) is 14.0. The molecular formula is C15H31N3O. The topological polar surface area (TPSA) is 58.4 Å². The van der Waals surface area contributed by atoms with Crippen molar-refractivity contribution in [3.63, 3.8) is 0 Å². The van der Waals surface area contributed by atoms with E-state index < -0.39 is 0 Å². The molecule has 1 fully saturated rings. The molecule has 0 aromatic heterocycles. The molecule has 0 heterocycles. The van der Waals surface area contributed by atoms with E-state index >= 15 is 0 Å². The van der Waals surface area contributed by atoms with Crippen molar-refractivity contribution in [2.24, 2.45) is 11.1 Å². The third-order valence-electron chi connectivity index (χ3n) is 4.26. The van der Waals surface area contributed by atoms with E-state index in [0.29, 0.717) is 24.4 Å². The van der Waals surface area contributed by atoms with Gasteiger partial charge < -0.3 is 16.0 Å². The standard InChI is InChI=1S/C15H31N3O/c1-5-18(6-2)14(19)9-13(11-16)17-12-7-8-15(3,4)10-12/h12-13,17H,5-11,16H2,1-4H3. The zero-order valence-electron chi connectivity index (χ0n) is 13.0. The Morgan fingerprint density at radius 1 is 1.42 bits per heavy atom. The van der Waals surface area contributed by atoms with Gasteiger partial charge in [-0.05, 0) is 38.5 Å². The van der Waals surface area contributed by atoms with Crippen LogP contribution >= 0.6 is 0 Å². The molecule has 1 rings (SSSR count). The fourth-order valence-corrected chi connectivity index (χ4v) is 3.04. The predicted octanol–water partition coefficient (Wildman–Crippen LogP) is 1.74. The van der Waals surface area contributed by atoms with E-state index in [0.717, 1.165) is 13.1 Å². The van der Waals surface area contributed by atoms with Crippen LogP contribution in [0.2, 0.25) is 0 Å². The van der Waals surface area contributed by atoms with Crippen LogP contribution in [-0.4, -0.2) is 42.5 Å². The number of nitrogens with zero attached hydrogens (tertiary/aromatic N) is 1. The predicted molar refractivity (Wildman–Crippen MR) is 79.9 cm³/mol. The third kappa shape index (κ3) is 5.11. The minimum Gasteiger partial charge on any atom is -0.343 e. The van der Waals surface area contributed by atoms with E-state index in [4.69, 9.17) is 5.73 Å². The molecule has 4 nitrogen and oxygen atoms in total. The van der Waals surface area contributed by atoms with Crippen molar-refractivity contribution in [3.8, 4) is 0 Å². The van der Waals surface area contributed by atoms with E-state index in [1.165, 1.54) is 19.3 Å². The lowest BCUT2D eigenvalue weighted by molar-refractivity contribution is -0.131. The van der Waals surface area contributed by atoms with Gasteiger partial charge in [-0.15, -0.1) is 0 Å². The van der Waals surface area contributed by atoms with Gasteiger partial charge in [0.05, 0.1) is 0 Å². The molecule has 1 aliphatic carbocycles. The van der Waals surface area contributed by atoms with Crippen molar-refractivity contribution < 1.29 is 4.79 Å². The molecule has 0 aromatic rings. The molecule has 0 aromatic carbocycles. The van der Waals surface area contributed by atoms with Gasteiger partial charge in [-0.2, -0.15) is 0 Å². The van der Waals surface area contributed by atoms with Crippen LogP contribution in [0.1, 0.15) is 53.4 Å². The summed E-state index contributed by atoms with van der Waals surface area (Å²) in [6.45, 7) is 10.8. The normalized spacial score (nSPS) is 23.3. The molecule has 4 heteroatoms. The zero-order valence-corrected chi connectivity index (χ0v) is 13.0. The highest BCUT2D eigenvalue weighted by molar-refractivity contribution is 5.76. The summed E-state index contributed by atoms with van der Waals surface area (Å²) in [6.07, 6.45) is 4.16. The van der Waals surface area contributed by atoms with Crippen molar-refractivity contribution in [2.75, 3.05) is 19.6 Å². The first-order valence-corrected chi connectivity index (χ1v) is 7.65. The Labute approximate surface area is 118 Å². The van der Waals surface area contributed by atoms with Crippen LogP contribution in [0.25, 0.3) is 0 Å². The number of rotatable bonds is 7. The molecule has 3 N–H and O–H groups in total. The average molecular weight is 269 g/mol. The summed E-state index contributed by atoms with van der Waals surface area (Å²) in [5.74, 6) is 0.213. The maximum Gasteiger partial charge on any atom is 0.224 e. The Balaban J connectivity index is 2.44. The maximum absolute atomic E-state index is 12.1. The van der Waals surface area contributed by atoms with Gasteiger partial charge in [-0.25, -0.2) is 0 Å². The number of nitrogens with two attached hydrogens (primary N) is 1. The monoisotopic (exact) mass is 269 g/mol. The zero-order chi connectivity index (χ0) is 14.5. The van der Waals surface area contributed by atoms with Crippen LogP contribution in [0.15, 0.2) is 0 Å². The summed E-state index contributed by atoms with van der Waals surface area (Å²) in [6, 6.07) is 0.639. The van der Waals surface area contributed by atoms with E-state index in [2.05, 4.69) is 19.2 Å². The fraction of sp³-hybridized carbons (Fsp3) is 0.933. The number of carbonyl (C=O) groups is 1. The van der Waals surface area contributed by atoms with Crippen molar-refractivity contribution >= 4 is 5.91 Å². The molecule has 1 aliphatic rings. The second-order valence-corrected chi connectivity index (χ2v) is 6.47. The van der Waals surface area contributed by atoms with Gasteiger partial charge in [0.1, 0.15) is 0 Å². The Morgan fingerprint density at radius 2 is 2.05 bits per heavy atom. The summed E-state index contributed by atoms with van der Waals surface area (Å²) >= 11 is 0. The number of nitrogens with one attached hydrogen (secondary N) is 1. The smallest absolute Gasteiger partial charge is 0.224 e. The molecule has 1 amide bonds. The van der Waals surface area contributed by atoms with E-state index in [1.54, 1.807) is 0 Å². The van der Waals surface area contributed by atoms with Crippen LogP contribution in [-0.2, 0) is 4.79 Å². The molecule has 1 saturated carbocycles. The van der Waals surface area contributed by atoms with Gasteiger partial charge in [0, 0.05) is 38.1 Å². The van der Waals surface area contributed by atoms with Crippen LogP contribution in [0.5, 0.6) is 0 Å². The lowest BCUT2D eigenvalue weighted by Crippen LogP contribution is -2.45. The van der Waals surface area contributed by atoms with Crippen molar-refractivity contribution in [1.29, 1.82) is 0 Å². The van der Waals surface area contributed by atoms with Gasteiger partial charge in [0.15, 0.2) is 0 Å². The molecule has 0 bridgehead atoms. The molecule has 0 aliphatic heterocycles. The Kier molecular flexibility index (Phi) is 6.27. The van der Waals surface area contributed by atoms with Crippen molar-refractivity contribution in [2.45, 2.75) is 65.5 Å². The quantitative estimate of drug-likeness (QED) is 0.740. The average Bonchev–Trinajstić information content (AvgIpc) is 2.69. The molecule has 2 unspecified atom stereocenters. The highest BCUT2D eigenvalue weighted by Crippen LogP contribution is 2.37.